The molecule has 0 aliphatic carbocycles. The predicted octanol–water partition coefficient (Wildman–Crippen LogP) is 17.8. The quantitative estimate of drug-likeness (QED) is 0.149. The minimum atomic E-state index is -0.211. The van der Waals surface area contributed by atoms with Crippen LogP contribution in [-0.2, 0) is 53.6 Å². The van der Waals surface area contributed by atoms with Crippen molar-refractivity contribution in [3.63, 3.8) is 0 Å². The van der Waals surface area contributed by atoms with Gasteiger partial charge in [-0.25, -0.2) is 4.98 Å². The second-order valence-corrected chi connectivity index (χ2v) is 25.3. The molecule has 0 unspecified atom stereocenters. The van der Waals surface area contributed by atoms with Crippen molar-refractivity contribution < 1.29 is 25.8 Å². The Labute approximate surface area is 439 Å². The minimum absolute atomic E-state index is 0. The third kappa shape index (κ3) is 10.1. The molecule has 0 saturated heterocycles. The number of ether oxygens (including phenoxy) is 1. The van der Waals surface area contributed by atoms with Crippen LogP contribution in [0.1, 0.15) is 157 Å². The first-order chi connectivity index (χ1) is 32.6. The molecule has 0 atom stereocenters. The fraction of sp³-hybridized carbons (Fsp3) is 0.354. The number of nitrogens with zero attached hydrogens (tertiary/aromatic N) is 4. The van der Waals surface area contributed by atoms with Gasteiger partial charge in [0.15, 0.2) is 0 Å². The molecule has 1 aliphatic heterocycles. The summed E-state index contributed by atoms with van der Waals surface area (Å²) in [5, 5.41) is 2.24. The third-order valence-corrected chi connectivity index (χ3v) is 14.4. The maximum Gasteiger partial charge on any atom is 0.135 e. The van der Waals surface area contributed by atoms with Gasteiger partial charge in [0.05, 0.1) is 0 Å². The zero-order valence-electron chi connectivity index (χ0n) is 45.2. The predicted molar refractivity (Wildman–Crippen MR) is 296 cm³/mol. The number of aromatic nitrogens is 2. The Balaban J connectivity index is 0.00000676. The summed E-state index contributed by atoms with van der Waals surface area (Å²) in [6.45, 7) is 41.1. The summed E-state index contributed by atoms with van der Waals surface area (Å²) < 4.78 is 9.25. The number of benzene rings is 6. The van der Waals surface area contributed by atoms with Gasteiger partial charge in [-0.2, -0.15) is 6.07 Å². The fourth-order valence-electron chi connectivity index (χ4n) is 9.54. The number of anilines is 4. The molecule has 9 rings (SSSR count). The first kappa shape index (κ1) is 51.7. The molecular weight excluding hydrogens is 1050 g/mol. The molecule has 0 amide bonds. The van der Waals surface area contributed by atoms with E-state index in [-0.39, 0.29) is 53.6 Å². The van der Waals surface area contributed by atoms with Gasteiger partial charge >= 0.3 is 0 Å². The van der Waals surface area contributed by atoms with Crippen LogP contribution in [0.15, 0.2) is 128 Å². The van der Waals surface area contributed by atoms with Crippen LogP contribution in [0, 0.1) is 18.8 Å². The van der Waals surface area contributed by atoms with Crippen LogP contribution in [-0.4, -0.2) is 9.55 Å². The summed E-state index contributed by atoms with van der Waals surface area (Å²) in [6, 6.07) is 52.3. The van der Waals surface area contributed by atoms with Crippen molar-refractivity contribution in [2.75, 3.05) is 9.80 Å². The number of rotatable bonds is 7. The smallest absolute Gasteiger partial charge is 0.135 e. The Morgan fingerprint density at radius 3 is 1.66 bits per heavy atom. The molecule has 8 aromatic rings. The van der Waals surface area contributed by atoms with E-state index in [2.05, 4.69) is 272 Å². The van der Waals surface area contributed by atoms with E-state index in [1.165, 1.54) is 33.4 Å². The fourth-order valence-corrected chi connectivity index (χ4v) is 9.54. The second-order valence-electron chi connectivity index (χ2n) is 25.3. The summed E-state index contributed by atoms with van der Waals surface area (Å²) in [4.78, 5) is 9.67. The second kappa shape index (κ2) is 18.1. The van der Waals surface area contributed by atoms with Crippen LogP contribution in [0.2, 0.25) is 0 Å². The van der Waals surface area contributed by atoms with E-state index in [1.807, 2.05) is 6.20 Å². The zero-order chi connectivity index (χ0) is 50.5. The Bertz CT molecular complexity index is 3240. The number of fused-ring (bicyclic) bond motifs is 4. The summed E-state index contributed by atoms with van der Waals surface area (Å²) in [7, 11) is 0. The van der Waals surface area contributed by atoms with Crippen molar-refractivity contribution in [2.24, 2.45) is 0 Å². The topological polar surface area (TPSA) is 33.5 Å². The van der Waals surface area contributed by atoms with Crippen molar-refractivity contribution in [3.8, 4) is 17.3 Å². The van der Waals surface area contributed by atoms with Crippen LogP contribution in [0.4, 0.5) is 22.7 Å². The van der Waals surface area contributed by atoms with Gasteiger partial charge in [0, 0.05) is 66.8 Å². The number of hydrogen-bond donors (Lipinski definition) is 0. The molecule has 1 aliphatic rings. The SMILES string of the molecule is CC(C)(C)c1cc(Oc2[c-]c3c(cc2)c2cc(C(C)(C)c4ccccc4)ccc2n3-c2cc(C(C)(C)C)ccn2)[c-]c(N2[CH-]N(c3cc(C(C)(C)C)cc(C(C)(C)C)c3)c3cc(C(C)(C)C)ccc32)c1.[Pt]. The molecule has 5 nitrogen and oxygen atoms in total. The van der Waals surface area contributed by atoms with E-state index in [1.54, 1.807) is 0 Å². The summed E-state index contributed by atoms with van der Waals surface area (Å²) in [5.74, 6) is 2.09. The van der Waals surface area contributed by atoms with E-state index in [4.69, 9.17) is 9.72 Å². The number of pyridine rings is 1. The molecule has 0 saturated carbocycles. The van der Waals surface area contributed by atoms with E-state index in [9.17, 15) is 0 Å². The van der Waals surface area contributed by atoms with Gasteiger partial charge in [-0.1, -0.05) is 178 Å². The Kier molecular flexibility index (Phi) is 13.2. The monoisotopic (exact) mass is 1120 g/mol. The zero-order valence-corrected chi connectivity index (χ0v) is 47.5. The van der Waals surface area contributed by atoms with Gasteiger partial charge in [-0.15, -0.1) is 53.6 Å². The molecule has 71 heavy (non-hydrogen) atoms. The molecule has 6 aromatic carbocycles. The van der Waals surface area contributed by atoms with Gasteiger partial charge < -0.3 is 19.1 Å². The Morgan fingerprint density at radius 2 is 1.04 bits per heavy atom. The van der Waals surface area contributed by atoms with Crippen LogP contribution in [0.5, 0.6) is 11.5 Å². The van der Waals surface area contributed by atoms with Crippen LogP contribution in [0.3, 0.4) is 0 Å². The standard InChI is InChI=1S/C65H73N4O.Pt/c1-60(2,3)43-23-28-56-58(37-43)68(49-32-46(62(7,8)9)31-47(33-49)63(10,11)12)41-67(56)50-34-48(64(13,14)15)35-52(39-50)70-51-25-26-53-54-36-45(65(16,17)42-21-19-18-20-22-42)24-27-55(54)69(57(53)40-51)59-38-44(29-30-66-59)61(4,5)6;/h18-38,41H,1-17H3;/q-3;. The maximum atomic E-state index is 6.99. The van der Waals surface area contributed by atoms with Gasteiger partial charge in [0.25, 0.3) is 0 Å². The van der Waals surface area contributed by atoms with E-state index < -0.39 is 0 Å². The molecule has 6 heteroatoms. The van der Waals surface area contributed by atoms with E-state index >= 15 is 0 Å². The van der Waals surface area contributed by atoms with Crippen LogP contribution >= 0.6 is 0 Å². The minimum Gasteiger partial charge on any atom is -0.509 e. The van der Waals surface area contributed by atoms with Gasteiger partial charge in [-0.3, -0.25) is 0 Å². The Hall–Kier alpha value is -5.64. The van der Waals surface area contributed by atoms with Gasteiger partial charge in [0.2, 0.25) is 0 Å². The normalized spacial score (nSPS) is 13.8. The van der Waals surface area contributed by atoms with Crippen LogP contribution in [0.25, 0.3) is 27.6 Å². The molecule has 0 N–H and O–H groups in total. The van der Waals surface area contributed by atoms with Crippen molar-refractivity contribution in [1.82, 2.24) is 9.55 Å². The molecule has 0 radical (unpaired) electrons. The van der Waals surface area contributed by atoms with E-state index in [0.717, 1.165) is 55.9 Å². The van der Waals surface area contributed by atoms with Gasteiger partial charge in [-0.05, 0) is 108 Å². The van der Waals surface area contributed by atoms with E-state index in [0.29, 0.717) is 11.5 Å². The summed E-state index contributed by atoms with van der Waals surface area (Å²) >= 11 is 0. The third-order valence-electron chi connectivity index (χ3n) is 14.4. The van der Waals surface area contributed by atoms with Crippen LogP contribution < -0.4 is 14.5 Å². The largest absolute Gasteiger partial charge is 0.509 e. The Morgan fingerprint density at radius 1 is 0.451 bits per heavy atom. The van der Waals surface area contributed by atoms with Crippen molar-refractivity contribution in [2.45, 2.75) is 150 Å². The molecule has 0 spiro atoms. The molecular formula is C65H73N4OPt-3. The number of hydrogen-bond acceptors (Lipinski definition) is 4. The molecule has 0 fully saturated rings. The molecule has 3 heterocycles. The average molecular weight is 1120 g/mol. The average Bonchev–Trinajstić information content (AvgIpc) is 3.83. The summed E-state index contributed by atoms with van der Waals surface area (Å²) in [5.41, 5.74) is 14.5. The van der Waals surface area contributed by atoms with Crippen molar-refractivity contribution >= 4 is 44.6 Å². The first-order valence-corrected chi connectivity index (χ1v) is 25.1. The van der Waals surface area contributed by atoms with Crippen molar-refractivity contribution in [3.05, 3.63) is 185 Å². The van der Waals surface area contributed by atoms with Crippen molar-refractivity contribution in [1.29, 1.82) is 0 Å². The first-order valence-electron chi connectivity index (χ1n) is 25.1. The van der Waals surface area contributed by atoms with Gasteiger partial charge in [0.1, 0.15) is 5.82 Å². The molecule has 372 valence electrons. The summed E-state index contributed by atoms with van der Waals surface area (Å²) in [6.07, 6.45) is 1.93. The maximum absolute atomic E-state index is 6.99. The molecule has 0 bridgehead atoms. The molecule has 2 aromatic heterocycles.